The molecule has 0 bridgehead atoms. The van der Waals surface area contributed by atoms with Crippen molar-refractivity contribution in [2.75, 3.05) is 40.3 Å². The first-order chi connectivity index (χ1) is 8.63. The molecular weight excluding hydrogens is 310 g/mol. The van der Waals surface area contributed by atoms with E-state index < -0.39 is 0 Å². The van der Waals surface area contributed by atoms with Crippen molar-refractivity contribution in [3.05, 3.63) is 20.8 Å². The molecule has 2 rings (SSSR count). The predicted octanol–water partition coefficient (Wildman–Crippen LogP) is 2.41. The molecule has 1 N–H and O–H groups in total. The monoisotopic (exact) mass is 331 g/mol. The van der Waals surface area contributed by atoms with Gasteiger partial charge in [-0.25, -0.2) is 0 Å². The summed E-state index contributed by atoms with van der Waals surface area (Å²) < 4.78 is 1.24. The second-order valence-corrected chi connectivity index (χ2v) is 6.62. The van der Waals surface area contributed by atoms with Crippen LogP contribution in [0.15, 0.2) is 15.2 Å². The van der Waals surface area contributed by atoms with Crippen LogP contribution in [0.25, 0.3) is 0 Å². The summed E-state index contributed by atoms with van der Waals surface area (Å²) in [6, 6.07) is 0.943. The Morgan fingerprint density at radius 3 is 2.83 bits per heavy atom. The molecule has 0 saturated carbocycles. The molecule has 1 aromatic rings. The van der Waals surface area contributed by atoms with Crippen LogP contribution < -0.4 is 5.32 Å². The van der Waals surface area contributed by atoms with E-state index in [9.17, 15) is 0 Å². The molecule has 3 nitrogen and oxygen atoms in total. The molecule has 0 spiro atoms. The van der Waals surface area contributed by atoms with Gasteiger partial charge in [-0.1, -0.05) is 6.92 Å². The number of nitrogens with zero attached hydrogens (tertiary/aromatic N) is 2. The standard InChI is InChI=1S/C13H22BrN3S/c1-4-15-13(10-8-18-9-11(10)14)12-7-16(2)5-6-17(12)3/h8-9,12-13,15H,4-7H2,1-3H3. The highest BCUT2D eigenvalue weighted by Gasteiger charge is 2.31. The van der Waals surface area contributed by atoms with Crippen LogP contribution in [0.1, 0.15) is 18.5 Å². The van der Waals surface area contributed by atoms with Gasteiger partial charge in [0, 0.05) is 35.5 Å². The first-order valence-corrected chi connectivity index (χ1v) is 8.20. The smallest absolute Gasteiger partial charge is 0.0510 e. The minimum absolute atomic E-state index is 0.406. The summed E-state index contributed by atoms with van der Waals surface area (Å²) in [5, 5.41) is 8.09. The summed E-state index contributed by atoms with van der Waals surface area (Å²) in [6.45, 7) is 6.61. The molecule has 0 aromatic carbocycles. The van der Waals surface area contributed by atoms with Gasteiger partial charge < -0.3 is 10.2 Å². The molecule has 18 heavy (non-hydrogen) atoms. The van der Waals surface area contributed by atoms with Crippen LogP contribution in [0.5, 0.6) is 0 Å². The predicted molar refractivity (Wildman–Crippen MR) is 82.4 cm³/mol. The highest BCUT2D eigenvalue weighted by molar-refractivity contribution is 9.10. The van der Waals surface area contributed by atoms with Gasteiger partial charge in [0.1, 0.15) is 0 Å². The zero-order chi connectivity index (χ0) is 13.1. The van der Waals surface area contributed by atoms with E-state index in [0.29, 0.717) is 12.1 Å². The second kappa shape index (κ2) is 6.48. The van der Waals surface area contributed by atoms with Crippen LogP contribution in [0.2, 0.25) is 0 Å². The van der Waals surface area contributed by atoms with Crippen molar-refractivity contribution in [1.29, 1.82) is 0 Å². The molecule has 2 heterocycles. The molecule has 1 saturated heterocycles. The Kier molecular flexibility index (Phi) is 5.21. The third kappa shape index (κ3) is 3.14. The Bertz CT molecular complexity index is 382. The van der Waals surface area contributed by atoms with Gasteiger partial charge in [0.05, 0.1) is 6.04 Å². The average Bonchev–Trinajstić information content (AvgIpc) is 2.76. The fourth-order valence-corrected chi connectivity index (χ4v) is 4.17. The largest absolute Gasteiger partial charge is 0.309 e. The number of nitrogens with one attached hydrogen (secondary N) is 1. The van der Waals surface area contributed by atoms with E-state index in [1.165, 1.54) is 10.0 Å². The molecule has 0 amide bonds. The SMILES string of the molecule is CCNC(c1cscc1Br)C1CN(C)CCN1C. The van der Waals surface area contributed by atoms with Gasteiger partial charge in [-0.2, -0.15) is 11.3 Å². The van der Waals surface area contributed by atoms with Gasteiger partial charge in [0.25, 0.3) is 0 Å². The van der Waals surface area contributed by atoms with Gasteiger partial charge in [-0.15, -0.1) is 0 Å². The molecule has 0 aliphatic carbocycles. The minimum Gasteiger partial charge on any atom is -0.309 e. The normalized spacial score (nSPS) is 24.3. The van der Waals surface area contributed by atoms with E-state index in [1.54, 1.807) is 11.3 Å². The Labute approximate surface area is 122 Å². The van der Waals surface area contributed by atoms with Crippen LogP contribution >= 0.6 is 27.3 Å². The van der Waals surface area contributed by atoms with E-state index in [0.717, 1.165) is 26.2 Å². The molecule has 102 valence electrons. The zero-order valence-electron chi connectivity index (χ0n) is 11.3. The summed E-state index contributed by atoms with van der Waals surface area (Å²) in [6.07, 6.45) is 0. The highest BCUT2D eigenvalue weighted by atomic mass is 79.9. The molecule has 2 unspecified atom stereocenters. The number of halogens is 1. The van der Waals surface area contributed by atoms with Crippen LogP contribution in [0.4, 0.5) is 0 Å². The van der Waals surface area contributed by atoms with E-state index in [2.05, 4.69) is 62.8 Å². The third-order valence-electron chi connectivity index (χ3n) is 3.69. The fraction of sp³-hybridized carbons (Fsp3) is 0.692. The Morgan fingerprint density at radius 2 is 2.22 bits per heavy atom. The minimum atomic E-state index is 0.406. The maximum absolute atomic E-state index is 3.68. The number of thiophene rings is 1. The molecule has 5 heteroatoms. The van der Waals surface area contributed by atoms with Gasteiger partial charge in [0.2, 0.25) is 0 Å². The second-order valence-electron chi connectivity index (χ2n) is 5.02. The maximum atomic E-state index is 3.68. The quantitative estimate of drug-likeness (QED) is 0.914. The highest BCUT2D eigenvalue weighted by Crippen LogP contribution is 2.31. The first-order valence-electron chi connectivity index (χ1n) is 6.47. The Morgan fingerprint density at radius 1 is 1.44 bits per heavy atom. The molecule has 1 aliphatic rings. The van der Waals surface area contributed by atoms with E-state index in [4.69, 9.17) is 0 Å². The van der Waals surface area contributed by atoms with Crippen molar-refractivity contribution in [2.45, 2.75) is 19.0 Å². The Hall–Kier alpha value is 0.0600. The molecule has 1 aliphatic heterocycles. The average molecular weight is 332 g/mol. The van der Waals surface area contributed by atoms with E-state index >= 15 is 0 Å². The lowest BCUT2D eigenvalue weighted by Gasteiger charge is -2.42. The molecule has 1 fully saturated rings. The lowest BCUT2D eigenvalue weighted by atomic mass is 9.98. The van der Waals surface area contributed by atoms with Crippen LogP contribution in [0, 0.1) is 0 Å². The summed E-state index contributed by atoms with van der Waals surface area (Å²) >= 11 is 5.44. The van der Waals surface area contributed by atoms with Gasteiger partial charge in [-0.05, 0) is 47.5 Å². The lowest BCUT2D eigenvalue weighted by molar-refractivity contribution is 0.0880. The van der Waals surface area contributed by atoms with Crippen molar-refractivity contribution >= 4 is 27.3 Å². The number of hydrogen-bond donors (Lipinski definition) is 1. The van der Waals surface area contributed by atoms with E-state index in [-0.39, 0.29) is 0 Å². The molecular formula is C13H22BrN3S. The molecule has 1 aromatic heterocycles. The van der Waals surface area contributed by atoms with Crippen molar-refractivity contribution < 1.29 is 0 Å². The van der Waals surface area contributed by atoms with Gasteiger partial charge in [-0.3, -0.25) is 4.90 Å². The topological polar surface area (TPSA) is 18.5 Å². The van der Waals surface area contributed by atoms with E-state index in [1.807, 2.05) is 0 Å². The number of piperazine rings is 1. The molecule has 0 radical (unpaired) electrons. The number of hydrogen-bond acceptors (Lipinski definition) is 4. The maximum Gasteiger partial charge on any atom is 0.0510 e. The van der Waals surface area contributed by atoms with Crippen LogP contribution in [-0.2, 0) is 0 Å². The van der Waals surface area contributed by atoms with Crippen molar-refractivity contribution in [2.24, 2.45) is 0 Å². The van der Waals surface area contributed by atoms with Crippen molar-refractivity contribution in [1.82, 2.24) is 15.1 Å². The summed E-state index contributed by atoms with van der Waals surface area (Å²) in [5.74, 6) is 0. The Balaban J connectivity index is 2.21. The van der Waals surface area contributed by atoms with Crippen molar-refractivity contribution in [3.63, 3.8) is 0 Å². The van der Waals surface area contributed by atoms with Crippen LogP contribution in [-0.4, -0.2) is 56.1 Å². The summed E-state index contributed by atoms with van der Waals surface area (Å²) in [7, 11) is 4.45. The summed E-state index contributed by atoms with van der Waals surface area (Å²) in [5.41, 5.74) is 1.40. The zero-order valence-corrected chi connectivity index (χ0v) is 13.7. The van der Waals surface area contributed by atoms with Crippen LogP contribution in [0.3, 0.4) is 0 Å². The van der Waals surface area contributed by atoms with Crippen molar-refractivity contribution in [3.8, 4) is 0 Å². The third-order valence-corrected chi connectivity index (χ3v) is 5.44. The van der Waals surface area contributed by atoms with Gasteiger partial charge in [0.15, 0.2) is 0 Å². The lowest BCUT2D eigenvalue weighted by Crippen LogP contribution is -2.55. The fourth-order valence-electron chi connectivity index (χ4n) is 2.59. The van der Waals surface area contributed by atoms with Gasteiger partial charge >= 0.3 is 0 Å². The number of likely N-dealkylation sites (N-methyl/N-ethyl adjacent to an activating group) is 3. The first kappa shape index (κ1) is 14.5. The summed E-state index contributed by atoms with van der Waals surface area (Å²) in [4.78, 5) is 4.91. The molecule has 2 atom stereocenters. The number of rotatable bonds is 4.